The highest BCUT2D eigenvalue weighted by molar-refractivity contribution is 5.90. The lowest BCUT2D eigenvalue weighted by Gasteiger charge is -2.29. The topological polar surface area (TPSA) is 51.0 Å². The molecule has 1 amide bonds. The molecule has 1 unspecified atom stereocenters. The van der Waals surface area contributed by atoms with Crippen molar-refractivity contribution in [3.05, 3.63) is 47.5 Å². The van der Waals surface area contributed by atoms with E-state index in [9.17, 15) is 4.79 Å². The number of likely N-dealkylation sites (tertiary alicyclic amines) is 1. The lowest BCUT2D eigenvalue weighted by Crippen LogP contribution is -2.42. The second kappa shape index (κ2) is 4.44. The second-order valence-corrected chi connectivity index (χ2v) is 5.41. The summed E-state index contributed by atoms with van der Waals surface area (Å²) in [6, 6.07) is 10.5. The molecule has 2 aliphatic rings. The first-order chi connectivity index (χ1) is 9.83. The molecule has 0 bridgehead atoms. The summed E-state index contributed by atoms with van der Waals surface area (Å²) in [5.74, 6) is 1.27. The Kier molecular flexibility index (Phi) is 2.58. The number of aromatic nitrogens is 3. The number of amides is 1. The second-order valence-electron chi connectivity index (χ2n) is 5.41. The van der Waals surface area contributed by atoms with Crippen LogP contribution in [0.4, 0.5) is 0 Å². The van der Waals surface area contributed by atoms with E-state index >= 15 is 0 Å². The first-order valence-electron chi connectivity index (χ1n) is 7.12. The Hall–Kier alpha value is -2.17. The summed E-state index contributed by atoms with van der Waals surface area (Å²) in [6.45, 7) is 1.68. The molecule has 3 heterocycles. The number of carbonyl (C=O) groups is 1. The molecule has 102 valence electrons. The number of aryl methyl sites for hydroxylation is 1. The van der Waals surface area contributed by atoms with Crippen LogP contribution in [0.15, 0.2) is 30.3 Å². The van der Waals surface area contributed by atoms with Gasteiger partial charge in [-0.15, -0.1) is 5.10 Å². The number of carbonyl (C=O) groups excluding carboxylic acids is 1. The Bertz CT molecular complexity index is 645. The maximum Gasteiger partial charge on any atom is 0.293 e. The maximum atomic E-state index is 12.2. The van der Waals surface area contributed by atoms with Crippen molar-refractivity contribution in [3.63, 3.8) is 0 Å². The molecule has 0 aliphatic carbocycles. The van der Waals surface area contributed by atoms with Crippen molar-refractivity contribution in [3.8, 4) is 0 Å². The van der Waals surface area contributed by atoms with Crippen molar-refractivity contribution in [1.29, 1.82) is 0 Å². The van der Waals surface area contributed by atoms with Gasteiger partial charge in [-0.2, -0.15) is 0 Å². The molecule has 0 spiro atoms. The van der Waals surface area contributed by atoms with E-state index in [4.69, 9.17) is 0 Å². The summed E-state index contributed by atoms with van der Waals surface area (Å²) < 4.78 is 1.93. The summed E-state index contributed by atoms with van der Waals surface area (Å²) in [5, 5.41) is 4.47. The molecular formula is C15H16N4O. The number of hydrogen-bond donors (Lipinski definition) is 0. The zero-order chi connectivity index (χ0) is 13.5. The average molecular weight is 268 g/mol. The summed E-state index contributed by atoms with van der Waals surface area (Å²) in [7, 11) is 0. The van der Waals surface area contributed by atoms with E-state index in [1.165, 1.54) is 5.56 Å². The molecule has 20 heavy (non-hydrogen) atoms. The molecule has 2 aliphatic heterocycles. The summed E-state index contributed by atoms with van der Waals surface area (Å²) in [5.41, 5.74) is 1.24. The Morgan fingerprint density at radius 2 is 2.00 bits per heavy atom. The normalized spacial score (nSPS) is 20.6. The number of fused-ring (bicyclic) bond motifs is 1. The van der Waals surface area contributed by atoms with E-state index in [0.29, 0.717) is 5.82 Å². The number of benzene rings is 1. The Morgan fingerprint density at radius 3 is 2.70 bits per heavy atom. The Balaban J connectivity index is 1.65. The van der Waals surface area contributed by atoms with E-state index in [-0.39, 0.29) is 11.9 Å². The van der Waals surface area contributed by atoms with E-state index in [0.717, 1.165) is 38.2 Å². The van der Waals surface area contributed by atoms with Gasteiger partial charge in [0.05, 0.1) is 6.04 Å². The van der Waals surface area contributed by atoms with Crippen LogP contribution in [0.2, 0.25) is 0 Å². The van der Waals surface area contributed by atoms with Gasteiger partial charge < -0.3 is 4.90 Å². The minimum Gasteiger partial charge on any atom is -0.336 e. The largest absolute Gasteiger partial charge is 0.336 e. The van der Waals surface area contributed by atoms with Crippen LogP contribution in [0.1, 0.15) is 40.9 Å². The maximum absolute atomic E-state index is 12.2. The van der Waals surface area contributed by atoms with Gasteiger partial charge in [0.1, 0.15) is 5.82 Å². The van der Waals surface area contributed by atoms with E-state index in [1.54, 1.807) is 0 Å². The van der Waals surface area contributed by atoms with Crippen molar-refractivity contribution in [2.75, 3.05) is 13.1 Å². The number of rotatable bonds is 2. The fourth-order valence-corrected chi connectivity index (χ4v) is 2.90. The van der Waals surface area contributed by atoms with Gasteiger partial charge >= 0.3 is 0 Å². The predicted octanol–water partition coefficient (Wildman–Crippen LogP) is 1.66. The highest BCUT2D eigenvalue weighted by Crippen LogP contribution is 2.30. The molecule has 0 N–H and O–H groups in total. The summed E-state index contributed by atoms with van der Waals surface area (Å²) in [6.07, 6.45) is 2.99. The van der Waals surface area contributed by atoms with Crippen molar-refractivity contribution in [2.24, 2.45) is 0 Å². The fourth-order valence-electron chi connectivity index (χ4n) is 2.90. The molecule has 4 rings (SSSR count). The van der Waals surface area contributed by atoms with Gasteiger partial charge in [0.15, 0.2) is 0 Å². The zero-order valence-electron chi connectivity index (χ0n) is 11.2. The van der Waals surface area contributed by atoms with Crippen LogP contribution < -0.4 is 0 Å². The lowest BCUT2D eigenvalue weighted by molar-refractivity contribution is 0.0638. The van der Waals surface area contributed by atoms with Crippen molar-refractivity contribution in [2.45, 2.75) is 25.3 Å². The van der Waals surface area contributed by atoms with Crippen LogP contribution >= 0.6 is 0 Å². The van der Waals surface area contributed by atoms with E-state index < -0.39 is 0 Å². The van der Waals surface area contributed by atoms with Crippen LogP contribution in [0.5, 0.6) is 0 Å². The highest BCUT2D eigenvalue weighted by Gasteiger charge is 2.31. The molecular weight excluding hydrogens is 252 g/mol. The Labute approximate surface area is 117 Å². The van der Waals surface area contributed by atoms with Gasteiger partial charge in [-0.3, -0.25) is 4.79 Å². The van der Waals surface area contributed by atoms with Crippen LogP contribution in [-0.2, 0) is 6.42 Å². The van der Waals surface area contributed by atoms with Crippen LogP contribution in [0.25, 0.3) is 0 Å². The molecule has 1 fully saturated rings. The molecule has 1 saturated heterocycles. The summed E-state index contributed by atoms with van der Waals surface area (Å²) >= 11 is 0. The average Bonchev–Trinajstić information content (AvgIpc) is 2.97. The third-order valence-corrected chi connectivity index (χ3v) is 4.16. The van der Waals surface area contributed by atoms with Crippen LogP contribution in [0.3, 0.4) is 0 Å². The molecule has 1 aromatic carbocycles. The molecule has 0 radical (unpaired) electrons. The molecule has 1 aromatic heterocycles. The smallest absolute Gasteiger partial charge is 0.293 e. The number of nitrogens with zero attached hydrogens (tertiary/aromatic N) is 4. The molecule has 5 heteroatoms. The molecule has 2 aromatic rings. The highest BCUT2D eigenvalue weighted by atomic mass is 16.2. The third-order valence-electron chi connectivity index (χ3n) is 4.16. The van der Waals surface area contributed by atoms with Gasteiger partial charge in [-0.05, 0) is 18.4 Å². The van der Waals surface area contributed by atoms with Gasteiger partial charge in [-0.25, -0.2) is 9.67 Å². The first-order valence-corrected chi connectivity index (χ1v) is 7.12. The molecule has 5 nitrogen and oxygen atoms in total. The quantitative estimate of drug-likeness (QED) is 0.832. The van der Waals surface area contributed by atoms with Crippen molar-refractivity contribution in [1.82, 2.24) is 19.7 Å². The SMILES string of the molecule is O=C(c1nc2n(n1)C(c1ccccc1)CC2)N1CCC1. The first kappa shape index (κ1) is 11.6. The van der Waals surface area contributed by atoms with E-state index in [1.807, 2.05) is 27.8 Å². The van der Waals surface area contributed by atoms with Crippen LogP contribution in [-0.4, -0.2) is 38.7 Å². The lowest BCUT2D eigenvalue weighted by atomic mass is 10.1. The fraction of sp³-hybridized carbons (Fsp3) is 0.400. The van der Waals surface area contributed by atoms with Crippen molar-refractivity contribution >= 4 is 5.91 Å². The zero-order valence-corrected chi connectivity index (χ0v) is 11.2. The number of hydrogen-bond acceptors (Lipinski definition) is 3. The monoisotopic (exact) mass is 268 g/mol. The van der Waals surface area contributed by atoms with Gasteiger partial charge in [0, 0.05) is 19.5 Å². The van der Waals surface area contributed by atoms with E-state index in [2.05, 4.69) is 22.2 Å². The third kappa shape index (κ3) is 1.73. The molecule has 1 atom stereocenters. The van der Waals surface area contributed by atoms with Gasteiger partial charge in [0.2, 0.25) is 5.82 Å². The van der Waals surface area contributed by atoms with Gasteiger partial charge in [0.25, 0.3) is 5.91 Å². The Morgan fingerprint density at radius 1 is 1.20 bits per heavy atom. The predicted molar refractivity (Wildman–Crippen MR) is 73.4 cm³/mol. The molecule has 0 saturated carbocycles. The minimum absolute atomic E-state index is 0.0232. The van der Waals surface area contributed by atoms with Crippen LogP contribution in [0, 0.1) is 0 Å². The van der Waals surface area contributed by atoms with Gasteiger partial charge in [-0.1, -0.05) is 30.3 Å². The summed E-state index contributed by atoms with van der Waals surface area (Å²) in [4.78, 5) is 18.4. The van der Waals surface area contributed by atoms with Crippen molar-refractivity contribution < 1.29 is 4.79 Å². The minimum atomic E-state index is -0.0232. The standard InChI is InChI=1S/C15H16N4O/c20-15(18-9-4-10-18)14-16-13-8-7-12(19(13)17-14)11-5-2-1-3-6-11/h1-3,5-6,12H,4,7-10H2.